The molecule has 0 radical (unpaired) electrons. The SMILES string of the molecule is CNC(=S)[C@]1(c2ccc(Cl)c(Cl)c2)CCCCS1. The Morgan fingerprint density at radius 1 is 1.33 bits per heavy atom. The average Bonchev–Trinajstić information content (AvgIpc) is 2.41. The summed E-state index contributed by atoms with van der Waals surface area (Å²) >= 11 is 19.6. The van der Waals surface area contributed by atoms with Gasteiger partial charge in [-0.25, -0.2) is 0 Å². The molecular formula is C13H15Cl2NS2. The quantitative estimate of drug-likeness (QED) is 0.797. The molecule has 1 atom stereocenters. The van der Waals surface area contributed by atoms with Crippen LogP contribution in [-0.2, 0) is 4.75 Å². The molecule has 2 rings (SSSR count). The number of nitrogens with one attached hydrogen (secondary N) is 1. The van der Waals surface area contributed by atoms with Gasteiger partial charge in [-0.3, -0.25) is 0 Å². The number of halogens is 2. The van der Waals surface area contributed by atoms with Gasteiger partial charge in [0, 0.05) is 7.05 Å². The van der Waals surface area contributed by atoms with E-state index in [1.54, 1.807) is 0 Å². The molecule has 1 heterocycles. The molecule has 1 aromatic rings. The largest absolute Gasteiger partial charge is 0.381 e. The van der Waals surface area contributed by atoms with Crippen LogP contribution in [0.15, 0.2) is 18.2 Å². The fraction of sp³-hybridized carbons (Fsp3) is 0.462. The van der Waals surface area contributed by atoms with Gasteiger partial charge in [0.15, 0.2) is 0 Å². The molecule has 1 aliphatic heterocycles. The van der Waals surface area contributed by atoms with Gasteiger partial charge in [-0.05, 0) is 36.3 Å². The van der Waals surface area contributed by atoms with E-state index in [1.807, 2.05) is 37.0 Å². The Labute approximate surface area is 128 Å². The molecule has 1 nitrogen and oxygen atoms in total. The summed E-state index contributed by atoms with van der Waals surface area (Å²) in [4.78, 5) is 0.880. The third-order valence-corrected chi connectivity index (χ3v) is 6.30. The van der Waals surface area contributed by atoms with Gasteiger partial charge in [0.1, 0.15) is 0 Å². The predicted octanol–water partition coefficient (Wildman–Crippen LogP) is 4.65. The smallest absolute Gasteiger partial charge is 0.0959 e. The molecule has 98 valence electrons. The predicted molar refractivity (Wildman–Crippen MR) is 86.1 cm³/mol. The molecule has 1 aromatic carbocycles. The first-order valence-corrected chi connectivity index (χ1v) is 8.07. The van der Waals surface area contributed by atoms with E-state index in [-0.39, 0.29) is 4.75 Å². The maximum atomic E-state index is 6.14. The van der Waals surface area contributed by atoms with Gasteiger partial charge < -0.3 is 5.32 Å². The topological polar surface area (TPSA) is 12.0 Å². The van der Waals surface area contributed by atoms with E-state index in [0.717, 1.165) is 22.7 Å². The minimum Gasteiger partial charge on any atom is -0.381 e. The Hall–Kier alpha value is 0.0400. The minimum absolute atomic E-state index is 0.142. The fourth-order valence-electron chi connectivity index (χ4n) is 2.28. The van der Waals surface area contributed by atoms with Crippen molar-refractivity contribution in [1.29, 1.82) is 0 Å². The normalized spacial score (nSPS) is 23.7. The van der Waals surface area contributed by atoms with Crippen molar-refractivity contribution in [2.45, 2.75) is 24.0 Å². The van der Waals surface area contributed by atoms with Crippen molar-refractivity contribution in [1.82, 2.24) is 5.32 Å². The number of likely N-dealkylation sites (N-methyl/N-ethyl adjacent to an activating group) is 1. The summed E-state index contributed by atoms with van der Waals surface area (Å²) in [6, 6.07) is 5.84. The van der Waals surface area contributed by atoms with Crippen LogP contribution in [0.25, 0.3) is 0 Å². The number of hydrogen-bond donors (Lipinski definition) is 1. The van der Waals surface area contributed by atoms with Crippen molar-refractivity contribution in [3.63, 3.8) is 0 Å². The van der Waals surface area contributed by atoms with Gasteiger partial charge in [0.25, 0.3) is 0 Å². The van der Waals surface area contributed by atoms with Crippen LogP contribution in [0.1, 0.15) is 24.8 Å². The lowest BCUT2D eigenvalue weighted by molar-refractivity contribution is 0.622. The molecule has 1 saturated heterocycles. The molecule has 0 unspecified atom stereocenters. The average molecular weight is 320 g/mol. The van der Waals surface area contributed by atoms with Gasteiger partial charge >= 0.3 is 0 Å². The van der Waals surface area contributed by atoms with Crippen molar-refractivity contribution in [2.24, 2.45) is 0 Å². The number of hydrogen-bond acceptors (Lipinski definition) is 2. The Morgan fingerprint density at radius 2 is 2.11 bits per heavy atom. The molecule has 1 aliphatic rings. The Bertz CT molecular complexity index is 456. The Balaban J connectivity index is 2.45. The van der Waals surface area contributed by atoms with E-state index < -0.39 is 0 Å². The number of rotatable bonds is 2. The van der Waals surface area contributed by atoms with E-state index in [0.29, 0.717) is 10.0 Å². The van der Waals surface area contributed by atoms with Crippen molar-refractivity contribution in [2.75, 3.05) is 12.8 Å². The summed E-state index contributed by atoms with van der Waals surface area (Å²) in [5.74, 6) is 1.13. The lowest BCUT2D eigenvalue weighted by Crippen LogP contribution is -2.40. The van der Waals surface area contributed by atoms with Crippen molar-refractivity contribution in [3.8, 4) is 0 Å². The van der Waals surface area contributed by atoms with Crippen LogP contribution in [0.5, 0.6) is 0 Å². The monoisotopic (exact) mass is 319 g/mol. The van der Waals surface area contributed by atoms with E-state index in [9.17, 15) is 0 Å². The molecule has 0 saturated carbocycles. The highest BCUT2D eigenvalue weighted by Gasteiger charge is 2.38. The highest BCUT2D eigenvalue weighted by atomic mass is 35.5. The second kappa shape index (κ2) is 6.00. The third kappa shape index (κ3) is 2.64. The van der Waals surface area contributed by atoms with E-state index in [4.69, 9.17) is 35.4 Å². The first-order valence-electron chi connectivity index (χ1n) is 5.92. The zero-order chi connectivity index (χ0) is 13.2. The fourth-order valence-corrected chi connectivity index (χ4v) is 4.49. The maximum absolute atomic E-state index is 6.14. The van der Waals surface area contributed by atoms with Crippen molar-refractivity contribution < 1.29 is 0 Å². The number of benzene rings is 1. The van der Waals surface area contributed by atoms with Crippen LogP contribution in [0.3, 0.4) is 0 Å². The lowest BCUT2D eigenvalue weighted by Gasteiger charge is -2.37. The lowest BCUT2D eigenvalue weighted by atomic mass is 9.91. The van der Waals surface area contributed by atoms with Gasteiger partial charge in [-0.1, -0.05) is 47.9 Å². The summed E-state index contributed by atoms with van der Waals surface area (Å²) in [5.41, 5.74) is 1.15. The van der Waals surface area contributed by atoms with Crippen LogP contribution in [0, 0.1) is 0 Å². The second-order valence-corrected chi connectivity index (χ2v) is 6.96. The van der Waals surface area contributed by atoms with Gasteiger partial charge in [-0.2, -0.15) is 0 Å². The zero-order valence-corrected chi connectivity index (χ0v) is 13.3. The van der Waals surface area contributed by atoms with E-state index in [2.05, 4.69) is 5.32 Å². The van der Waals surface area contributed by atoms with E-state index in [1.165, 1.54) is 12.8 Å². The molecule has 18 heavy (non-hydrogen) atoms. The molecule has 0 amide bonds. The molecular weight excluding hydrogens is 305 g/mol. The van der Waals surface area contributed by atoms with Crippen molar-refractivity contribution in [3.05, 3.63) is 33.8 Å². The molecule has 0 aromatic heterocycles. The van der Waals surface area contributed by atoms with Crippen molar-refractivity contribution >= 4 is 52.2 Å². The summed E-state index contributed by atoms with van der Waals surface area (Å²) in [5, 5.41) is 4.33. The second-order valence-electron chi connectivity index (χ2n) is 4.34. The Morgan fingerprint density at radius 3 is 2.67 bits per heavy atom. The third-order valence-electron chi connectivity index (χ3n) is 3.25. The van der Waals surface area contributed by atoms with Crippen LogP contribution in [0.4, 0.5) is 0 Å². The summed E-state index contributed by atoms with van der Waals surface area (Å²) in [7, 11) is 1.89. The Kier molecular flexibility index (Phi) is 4.81. The maximum Gasteiger partial charge on any atom is 0.0959 e. The summed E-state index contributed by atoms with van der Waals surface area (Å²) in [6.45, 7) is 0. The van der Waals surface area contributed by atoms with Gasteiger partial charge in [0.05, 0.1) is 19.8 Å². The van der Waals surface area contributed by atoms with Crippen LogP contribution < -0.4 is 5.32 Å². The summed E-state index contributed by atoms with van der Waals surface area (Å²) < 4.78 is -0.142. The van der Waals surface area contributed by atoms with E-state index >= 15 is 0 Å². The molecule has 1 N–H and O–H groups in total. The zero-order valence-electron chi connectivity index (χ0n) is 10.1. The summed E-state index contributed by atoms with van der Waals surface area (Å²) in [6.07, 6.45) is 3.49. The molecule has 0 spiro atoms. The number of thiocarbonyl (C=S) groups is 1. The molecule has 1 fully saturated rings. The highest BCUT2D eigenvalue weighted by molar-refractivity contribution is 8.02. The highest BCUT2D eigenvalue weighted by Crippen LogP contribution is 2.46. The van der Waals surface area contributed by atoms with Crippen LogP contribution in [0.2, 0.25) is 10.0 Å². The van der Waals surface area contributed by atoms with Gasteiger partial charge in [-0.15, -0.1) is 11.8 Å². The standard InChI is InChI=1S/C13H15Cl2NS2/c1-16-12(17)13(6-2-3-7-18-13)9-4-5-10(14)11(15)8-9/h4-5,8H,2-3,6-7H2,1H3,(H,16,17)/t13-/m1/s1. The minimum atomic E-state index is -0.142. The van der Waals surface area contributed by atoms with Gasteiger partial charge in [0.2, 0.25) is 0 Å². The number of thioether (sulfide) groups is 1. The molecule has 0 aliphatic carbocycles. The van der Waals surface area contributed by atoms with Crippen LogP contribution >= 0.6 is 47.2 Å². The molecule has 0 bridgehead atoms. The first kappa shape index (κ1) is 14.4. The van der Waals surface area contributed by atoms with Crippen LogP contribution in [-0.4, -0.2) is 17.8 Å². The molecule has 5 heteroatoms. The first-order chi connectivity index (χ1) is 8.60.